The fourth-order valence-electron chi connectivity index (χ4n) is 3.66. The number of ether oxygens (including phenoxy) is 1. The van der Waals surface area contributed by atoms with Gasteiger partial charge >= 0.3 is 6.18 Å². The van der Waals surface area contributed by atoms with Crippen molar-refractivity contribution in [1.82, 2.24) is 20.8 Å². The van der Waals surface area contributed by atoms with E-state index in [9.17, 15) is 13.2 Å². The fourth-order valence-corrected chi connectivity index (χ4v) is 3.66. The number of hydrogen-bond donors (Lipinski definition) is 2. The molecular weight excluding hydrogens is 407 g/mol. The molecule has 0 bridgehead atoms. The van der Waals surface area contributed by atoms with E-state index in [1.807, 2.05) is 31.3 Å². The minimum Gasteiger partial charge on any atom is -0.488 e. The number of hydrazine groups is 1. The second-order valence-corrected chi connectivity index (χ2v) is 7.33. The molecule has 0 fully saturated rings. The van der Waals surface area contributed by atoms with Crippen molar-refractivity contribution in [1.29, 1.82) is 0 Å². The lowest BCUT2D eigenvalue weighted by molar-refractivity contribution is -0.137. The molecular formula is C22H18F3N5O. The maximum atomic E-state index is 12.9. The van der Waals surface area contributed by atoms with Gasteiger partial charge in [0.2, 0.25) is 0 Å². The van der Waals surface area contributed by atoms with Crippen LogP contribution in [0.25, 0.3) is 22.3 Å². The Kier molecular flexibility index (Phi) is 4.46. The van der Waals surface area contributed by atoms with Crippen LogP contribution >= 0.6 is 0 Å². The average Bonchev–Trinajstić information content (AvgIpc) is 3.09. The van der Waals surface area contributed by atoms with E-state index in [0.717, 1.165) is 40.4 Å². The molecule has 0 aliphatic carbocycles. The monoisotopic (exact) mass is 425 g/mol. The van der Waals surface area contributed by atoms with Crippen molar-refractivity contribution in [2.45, 2.75) is 13.1 Å². The van der Waals surface area contributed by atoms with Crippen LogP contribution in [0, 0.1) is 6.92 Å². The summed E-state index contributed by atoms with van der Waals surface area (Å²) in [4.78, 5) is 10.9. The quantitative estimate of drug-likeness (QED) is 0.640. The third kappa shape index (κ3) is 3.63. The predicted octanol–water partition coefficient (Wildman–Crippen LogP) is 4.25. The van der Waals surface area contributed by atoms with Crippen molar-refractivity contribution in [2.75, 3.05) is 18.1 Å². The first-order chi connectivity index (χ1) is 14.9. The molecule has 0 saturated heterocycles. The zero-order chi connectivity index (χ0) is 21.6. The van der Waals surface area contributed by atoms with Crippen LogP contribution in [-0.4, -0.2) is 23.1 Å². The molecule has 0 saturated carbocycles. The topological polar surface area (TPSA) is 62.3 Å². The molecule has 0 spiro atoms. The Morgan fingerprint density at radius 1 is 1.13 bits per heavy atom. The molecule has 2 aliphatic rings. The number of rotatable bonds is 2. The highest BCUT2D eigenvalue weighted by Crippen LogP contribution is 2.32. The van der Waals surface area contributed by atoms with Gasteiger partial charge in [-0.3, -0.25) is 5.43 Å². The first-order valence-electron chi connectivity index (χ1n) is 9.67. The Bertz CT molecular complexity index is 1240. The maximum absolute atomic E-state index is 12.9. The number of benzene rings is 2. The molecule has 2 aliphatic heterocycles. The van der Waals surface area contributed by atoms with Crippen LogP contribution in [0.15, 0.2) is 66.5 Å². The van der Waals surface area contributed by atoms with Gasteiger partial charge < -0.3 is 15.1 Å². The summed E-state index contributed by atoms with van der Waals surface area (Å²) in [7, 11) is 0. The Labute approximate surface area is 176 Å². The molecule has 0 atom stereocenters. The molecule has 9 heteroatoms. The normalized spacial score (nSPS) is 15.9. The van der Waals surface area contributed by atoms with Gasteiger partial charge in [0.1, 0.15) is 12.3 Å². The van der Waals surface area contributed by atoms with Gasteiger partial charge in [-0.05, 0) is 48.9 Å². The van der Waals surface area contributed by atoms with Crippen molar-refractivity contribution in [3.8, 4) is 11.4 Å². The van der Waals surface area contributed by atoms with E-state index in [-0.39, 0.29) is 0 Å². The number of nitrogens with zero attached hydrogens (tertiary/aromatic N) is 3. The van der Waals surface area contributed by atoms with Gasteiger partial charge in [0, 0.05) is 29.0 Å². The number of aromatic nitrogens is 2. The number of hydrogen-bond acceptors (Lipinski definition) is 6. The van der Waals surface area contributed by atoms with Crippen molar-refractivity contribution >= 4 is 16.6 Å². The number of aryl methyl sites for hydroxylation is 1. The summed E-state index contributed by atoms with van der Waals surface area (Å²) in [6.45, 7) is 3.23. The molecule has 3 aromatic rings. The predicted molar refractivity (Wildman–Crippen MR) is 110 cm³/mol. The Balaban J connectivity index is 1.46. The second kappa shape index (κ2) is 7.19. The van der Waals surface area contributed by atoms with Crippen LogP contribution in [0.3, 0.4) is 0 Å². The van der Waals surface area contributed by atoms with Gasteiger partial charge in [0.05, 0.1) is 23.8 Å². The lowest BCUT2D eigenvalue weighted by atomic mass is 10.1. The highest BCUT2D eigenvalue weighted by Gasteiger charge is 2.30. The van der Waals surface area contributed by atoms with Crippen LogP contribution in [0.1, 0.15) is 11.1 Å². The summed E-state index contributed by atoms with van der Waals surface area (Å²) >= 11 is 0. The zero-order valence-electron chi connectivity index (χ0n) is 16.5. The van der Waals surface area contributed by atoms with Gasteiger partial charge in [-0.1, -0.05) is 0 Å². The van der Waals surface area contributed by atoms with Crippen molar-refractivity contribution in [3.63, 3.8) is 0 Å². The van der Waals surface area contributed by atoms with Crippen molar-refractivity contribution in [3.05, 3.63) is 77.6 Å². The van der Waals surface area contributed by atoms with Crippen LogP contribution in [0.5, 0.6) is 0 Å². The SMILES string of the molecule is Cc1cc(-c2ncc3cc(C(F)(F)F)ccc3n2)ccc1N1C=C2NNC=C2OCC1. The third-order valence-corrected chi connectivity index (χ3v) is 5.22. The van der Waals surface area contributed by atoms with Crippen LogP contribution < -0.4 is 15.8 Å². The molecule has 3 heterocycles. The van der Waals surface area contributed by atoms with E-state index in [4.69, 9.17) is 4.74 Å². The number of alkyl halides is 3. The van der Waals surface area contributed by atoms with Crippen LogP contribution in [0.2, 0.25) is 0 Å². The smallest absolute Gasteiger partial charge is 0.416 e. The van der Waals surface area contributed by atoms with Crippen molar-refractivity contribution in [2.24, 2.45) is 0 Å². The van der Waals surface area contributed by atoms with Gasteiger partial charge in [0.25, 0.3) is 0 Å². The van der Waals surface area contributed by atoms with Crippen LogP contribution in [-0.2, 0) is 10.9 Å². The minimum atomic E-state index is -4.39. The number of halogens is 3. The average molecular weight is 425 g/mol. The number of fused-ring (bicyclic) bond motifs is 2. The molecule has 158 valence electrons. The maximum Gasteiger partial charge on any atom is 0.416 e. The standard InChI is InChI=1S/C22H18F3N5O/c1-13-8-14(2-5-19(13)30-6-7-31-20-11-27-29-18(20)12-30)21-26-10-15-9-16(22(23,24)25)3-4-17(15)28-21/h2-5,8-12,27,29H,6-7H2,1H3. The van der Waals surface area contributed by atoms with E-state index in [0.29, 0.717) is 29.9 Å². The van der Waals surface area contributed by atoms with Crippen LogP contribution in [0.4, 0.5) is 18.9 Å². The summed E-state index contributed by atoms with van der Waals surface area (Å²) in [6.07, 6.45) is 0.805. The fraction of sp³-hybridized carbons (Fsp3) is 0.182. The Morgan fingerprint density at radius 2 is 2.00 bits per heavy atom. The number of nitrogens with one attached hydrogen (secondary N) is 2. The zero-order valence-corrected chi connectivity index (χ0v) is 16.5. The molecule has 2 N–H and O–H groups in total. The first-order valence-corrected chi connectivity index (χ1v) is 9.67. The molecule has 31 heavy (non-hydrogen) atoms. The summed E-state index contributed by atoms with van der Waals surface area (Å²) in [5.74, 6) is 1.24. The molecule has 0 radical (unpaired) electrons. The first kappa shape index (κ1) is 19.2. The molecule has 0 unspecified atom stereocenters. The highest BCUT2D eigenvalue weighted by molar-refractivity contribution is 5.80. The summed E-state index contributed by atoms with van der Waals surface area (Å²) in [6, 6.07) is 9.35. The highest BCUT2D eigenvalue weighted by atomic mass is 19.4. The summed E-state index contributed by atoms with van der Waals surface area (Å²) < 4.78 is 44.5. The Morgan fingerprint density at radius 3 is 2.81 bits per heavy atom. The summed E-state index contributed by atoms with van der Waals surface area (Å²) in [5, 5.41) is 0.352. The largest absolute Gasteiger partial charge is 0.488 e. The molecule has 1 aromatic heterocycles. The van der Waals surface area contributed by atoms with Crippen molar-refractivity contribution < 1.29 is 17.9 Å². The minimum absolute atomic E-state index is 0.352. The van der Waals surface area contributed by atoms with Gasteiger partial charge in [0.15, 0.2) is 11.6 Å². The number of anilines is 1. The van der Waals surface area contributed by atoms with E-state index < -0.39 is 11.7 Å². The van der Waals surface area contributed by atoms with Gasteiger partial charge in [-0.25, -0.2) is 9.97 Å². The summed E-state index contributed by atoms with van der Waals surface area (Å²) in [5.41, 5.74) is 9.42. The van der Waals surface area contributed by atoms with E-state index >= 15 is 0 Å². The lowest BCUT2D eigenvalue weighted by Crippen LogP contribution is -2.24. The molecule has 2 aromatic carbocycles. The molecule has 0 amide bonds. The van der Waals surface area contributed by atoms with Gasteiger partial charge in [-0.2, -0.15) is 13.2 Å². The molecule has 6 nitrogen and oxygen atoms in total. The van der Waals surface area contributed by atoms with E-state index in [1.54, 1.807) is 6.20 Å². The third-order valence-electron chi connectivity index (χ3n) is 5.22. The van der Waals surface area contributed by atoms with Gasteiger partial charge in [-0.15, -0.1) is 0 Å². The van der Waals surface area contributed by atoms with E-state index in [2.05, 4.69) is 25.7 Å². The molecule has 5 rings (SSSR count). The lowest BCUT2D eigenvalue weighted by Gasteiger charge is -2.21. The Hall–Kier alpha value is -3.75. The second-order valence-electron chi connectivity index (χ2n) is 7.33. The van der Waals surface area contributed by atoms with E-state index in [1.165, 1.54) is 12.3 Å².